The smallest absolute Gasteiger partial charge is 0.329 e. The predicted molar refractivity (Wildman–Crippen MR) is 147 cm³/mol. The number of nitro groups is 1. The van der Waals surface area contributed by atoms with Crippen molar-refractivity contribution in [2.24, 2.45) is 0 Å². The molecule has 1 N–H and O–H groups in total. The quantitative estimate of drug-likeness (QED) is 0.142. The lowest BCUT2D eigenvalue weighted by molar-refractivity contribution is -0.385. The van der Waals surface area contributed by atoms with E-state index < -0.39 is 58.1 Å². The normalized spacial score (nSPS) is 11.3. The van der Waals surface area contributed by atoms with Crippen LogP contribution in [0.15, 0.2) is 97.1 Å². The summed E-state index contributed by atoms with van der Waals surface area (Å²) in [5, 5.41) is 14.2. The Kier molecular flexibility index (Phi) is 9.67. The van der Waals surface area contributed by atoms with E-state index in [1.54, 1.807) is 60.7 Å². The van der Waals surface area contributed by atoms with Crippen molar-refractivity contribution >= 4 is 23.5 Å². The van der Waals surface area contributed by atoms with Gasteiger partial charge in [0.1, 0.15) is 24.8 Å². The Labute approximate surface area is 238 Å². The first-order valence-electron chi connectivity index (χ1n) is 12.7. The number of esters is 2. The highest BCUT2D eigenvalue weighted by molar-refractivity contribution is 6.01. The van der Waals surface area contributed by atoms with Crippen LogP contribution in [0, 0.1) is 21.7 Å². The Morgan fingerprint density at radius 3 is 1.93 bits per heavy atom. The zero-order chi connectivity index (χ0) is 30.1. The first-order chi connectivity index (χ1) is 20.2. The van der Waals surface area contributed by atoms with Crippen LogP contribution in [0.25, 0.3) is 11.1 Å². The molecule has 0 aromatic heterocycles. The number of benzene rings is 4. The molecule has 0 bridgehead atoms. The highest BCUT2D eigenvalue weighted by atomic mass is 19.2. The molecule has 0 radical (unpaired) electrons. The summed E-state index contributed by atoms with van der Waals surface area (Å²) in [6.45, 7) is -0.218. The Morgan fingerprint density at radius 1 is 0.762 bits per heavy atom. The van der Waals surface area contributed by atoms with Gasteiger partial charge in [0.15, 0.2) is 11.6 Å². The minimum Gasteiger partial charge on any atom is -0.461 e. The number of amides is 1. The standard InChI is InChI=1S/C31H24F2N2O7/c32-25-14-12-22(15-26(25)33)23-11-13-24(28(16-23)35(39)40)30(37)34-27(31(38)42-19-21-9-5-2-6-10-21)17-29(36)41-18-20-7-3-1-4-8-20/h1-16,27H,17-19H2,(H,34,37)/t27-/m1/s1. The topological polar surface area (TPSA) is 125 Å². The van der Waals surface area contributed by atoms with Gasteiger partial charge in [0.05, 0.1) is 11.3 Å². The molecular formula is C31H24F2N2O7. The van der Waals surface area contributed by atoms with Crippen molar-refractivity contribution in [3.8, 4) is 11.1 Å². The third-order valence-electron chi connectivity index (χ3n) is 6.12. The molecule has 0 saturated carbocycles. The number of carbonyl (C=O) groups excluding carboxylic acids is 3. The summed E-state index contributed by atoms with van der Waals surface area (Å²) in [6, 6.07) is 22.4. The van der Waals surface area contributed by atoms with Gasteiger partial charge in [-0.05, 0) is 40.5 Å². The van der Waals surface area contributed by atoms with Crippen LogP contribution in [-0.2, 0) is 32.3 Å². The van der Waals surface area contributed by atoms with E-state index in [4.69, 9.17) is 9.47 Å². The highest BCUT2D eigenvalue weighted by Crippen LogP contribution is 2.28. The van der Waals surface area contributed by atoms with Gasteiger partial charge in [-0.2, -0.15) is 0 Å². The van der Waals surface area contributed by atoms with Gasteiger partial charge in [-0.1, -0.05) is 72.8 Å². The number of nitrogens with one attached hydrogen (secondary N) is 1. The van der Waals surface area contributed by atoms with Crippen LogP contribution >= 0.6 is 0 Å². The lowest BCUT2D eigenvalue weighted by atomic mass is 10.0. The van der Waals surface area contributed by atoms with E-state index in [9.17, 15) is 33.3 Å². The number of hydrogen-bond acceptors (Lipinski definition) is 7. The van der Waals surface area contributed by atoms with Gasteiger partial charge < -0.3 is 14.8 Å². The lowest BCUT2D eigenvalue weighted by Gasteiger charge is -2.18. The van der Waals surface area contributed by atoms with E-state index in [0.717, 1.165) is 24.3 Å². The van der Waals surface area contributed by atoms with Crippen molar-refractivity contribution < 1.29 is 37.6 Å². The largest absolute Gasteiger partial charge is 0.461 e. The summed E-state index contributed by atoms with van der Waals surface area (Å²) >= 11 is 0. The van der Waals surface area contributed by atoms with E-state index >= 15 is 0 Å². The maximum atomic E-state index is 13.7. The molecule has 0 saturated heterocycles. The fraction of sp³-hybridized carbons (Fsp3) is 0.129. The zero-order valence-electron chi connectivity index (χ0n) is 22.0. The maximum absolute atomic E-state index is 13.7. The molecule has 0 aliphatic rings. The van der Waals surface area contributed by atoms with Crippen molar-refractivity contribution in [1.82, 2.24) is 5.32 Å². The Bertz CT molecular complexity index is 1600. The molecule has 4 rings (SSSR count). The van der Waals surface area contributed by atoms with E-state index in [1.807, 2.05) is 0 Å². The Hall–Kier alpha value is -5.45. The average Bonchev–Trinajstić information content (AvgIpc) is 3.00. The second-order valence-corrected chi connectivity index (χ2v) is 9.09. The summed E-state index contributed by atoms with van der Waals surface area (Å²) in [4.78, 5) is 49.8. The van der Waals surface area contributed by atoms with Gasteiger partial charge in [-0.3, -0.25) is 19.7 Å². The Morgan fingerprint density at radius 2 is 1.33 bits per heavy atom. The lowest BCUT2D eigenvalue weighted by Crippen LogP contribution is -2.43. The number of nitro benzene ring substituents is 1. The van der Waals surface area contributed by atoms with Crippen LogP contribution in [0.3, 0.4) is 0 Å². The van der Waals surface area contributed by atoms with Gasteiger partial charge in [0, 0.05) is 6.07 Å². The van der Waals surface area contributed by atoms with Crippen LogP contribution in [-0.4, -0.2) is 28.8 Å². The molecule has 0 heterocycles. The minimum atomic E-state index is -1.53. The van der Waals surface area contributed by atoms with Gasteiger partial charge in [-0.15, -0.1) is 0 Å². The molecule has 214 valence electrons. The van der Waals surface area contributed by atoms with E-state index in [2.05, 4.69) is 5.32 Å². The second-order valence-electron chi connectivity index (χ2n) is 9.09. The van der Waals surface area contributed by atoms with Crippen LogP contribution in [0.2, 0.25) is 0 Å². The number of hydrogen-bond donors (Lipinski definition) is 1. The van der Waals surface area contributed by atoms with Gasteiger partial charge in [0.2, 0.25) is 0 Å². The number of carbonyl (C=O) groups is 3. The molecule has 0 unspecified atom stereocenters. The molecule has 0 aliphatic heterocycles. The summed E-state index contributed by atoms with van der Waals surface area (Å²) in [5.74, 6) is -5.03. The Balaban J connectivity index is 1.54. The molecular weight excluding hydrogens is 550 g/mol. The first-order valence-corrected chi connectivity index (χ1v) is 12.7. The molecule has 0 fully saturated rings. The van der Waals surface area contributed by atoms with Crippen molar-refractivity contribution in [1.29, 1.82) is 0 Å². The number of halogens is 2. The van der Waals surface area contributed by atoms with Crippen LogP contribution in [0.4, 0.5) is 14.5 Å². The zero-order valence-corrected chi connectivity index (χ0v) is 22.0. The van der Waals surface area contributed by atoms with Crippen molar-refractivity contribution in [2.45, 2.75) is 25.7 Å². The SMILES string of the molecule is O=C(C[C@@H](NC(=O)c1ccc(-c2ccc(F)c(F)c2)cc1[N+](=O)[O-])C(=O)OCc1ccccc1)OCc1ccccc1. The van der Waals surface area contributed by atoms with Crippen molar-refractivity contribution in [3.63, 3.8) is 0 Å². The van der Waals surface area contributed by atoms with Crippen LogP contribution in [0.1, 0.15) is 27.9 Å². The van der Waals surface area contributed by atoms with Gasteiger partial charge in [0.25, 0.3) is 11.6 Å². The van der Waals surface area contributed by atoms with Gasteiger partial charge in [-0.25, -0.2) is 13.6 Å². The first kappa shape index (κ1) is 29.5. The van der Waals surface area contributed by atoms with E-state index in [-0.39, 0.29) is 24.3 Å². The fourth-order valence-electron chi connectivity index (χ4n) is 3.95. The molecule has 0 spiro atoms. The molecule has 11 heteroatoms. The van der Waals surface area contributed by atoms with Crippen LogP contribution in [0.5, 0.6) is 0 Å². The second kappa shape index (κ2) is 13.8. The van der Waals surface area contributed by atoms with Crippen LogP contribution < -0.4 is 5.32 Å². The molecule has 0 aliphatic carbocycles. The van der Waals surface area contributed by atoms with E-state index in [1.165, 1.54) is 12.1 Å². The third-order valence-corrected chi connectivity index (χ3v) is 6.12. The van der Waals surface area contributed by atoms with Gasteiger partial charge >= 0.3 is 11.9 Å². The summed E-state index contributed by atoms with van der Waals surface area (Å²) in [5.41, 5.74) is 0.580. The average molecular weight is 575 g/mol. The predicted octanol–water partition coefficient (Wildman–Crippen LogP) is 5.52. The maximum Gasteiger partial charge on any atom is 0.329 e. The highest BCUT2D eigenvalue weighted by Gasteiger charge is 2.30. The van der Waals surface area contributed by atoms with E-state index in [0.29, 0.717) is 11.1 Å². The third kappa shape index (κ3) is 7.81. The fourth-order valence-corrected chi connectivity index (χ4v) is 3.95. The monoisotopic (exact) mass is 574 g/mol. The molecule has 4 aromatic rings. The number of rotatable bonds is 11. The number of ether oxygens (including phenoxy) is 2. The van der Waals surface area contributed by atoms with Crippen molar-refractivity contribution in [2.75, 3.05) is 0 Å². The molecule has 1 amide bonds. The minimum absolute atomic E-state index is 0.0731. The summed E-state index contributed by atoms with van der Waals surface area (Å²) in [7, 11) is 0. The van der Waals surface area contributed by atoms with Crippen molar-refractivity contribution in [3.05, 3.63) is 136 Å². The molecule has 1 atom stereocenters. The summed E-state index contributed by atoms with van der Waals surface area (Å²) < 4.78 is 37.6. The molecule has 9 nitrogen and oxygen atoms in total. The molecule has 4 aromatic carbocycles. The summed E-state index contributed by atoms with van der Waals surface area (Å²) in [6.07, 6.45) is -0.604. The molecule has 42 heavy (non-hydrogen) atoms. The number of nitrogens with zero attached hydrogens (tertiary/aromatic N) is 1.